The van der Waals surface area contributed by atoms with Gasteiger partial charge in [0.15, 0.2) is 0 Å². The molecule has 4 saturated heterocycles. The number of nitriles is 1. The van der Waals surface area contributed by atoms with E-state index in [0.717, 1.165) is 81.8 Å². The number of halogens is 1. The molecule has 1 aliphatic carbocycles. The van der Waals surface area contributed by atoms with E-state index in [-0.39, 0.29) is 60.1 Å². The third-order valence-electron chi connectivity index (χ3n) is 15.0. The first kappa shape index (κ1) is 49.2. The summed E-state index contributed by atoms with van der Waals surface area (Å²) in [4.78, 5) is 48.7. The fraction of sp³-hybridized carbons (Fsp3) is 0.647. The van der Waals surface area contributed by atoms with Crippen LogP contribution in [0.2, 0.25) is 5.02 Å². The van der Waals surface area contributed by atoms with Crippen molar-refractivity contribution in [3.63, 3.8) is 0 Å². The molecule has 2 aromatic carbocycles. The molecule has 5 aliphatic heterocycles. The highest BCUT2D eigenvalue weighted by atomic mass is 35.5. The second-order valence-electron chi connectivity index (χ2n) is 20.5. The molecule has 0 bridgehead atoms. The lowest BCUT2D eigenvalue weighted by Gasteiger charge is -2.47. The average Bonchev–Trinajstić information content (AvgIpc) is 3.76. The minimum Gasteiger partial charge on any atom is -0.490 e. The van der Waals surface area contributed by atoms with E-state index in [1.165, 1.54) is 5.69 Å². The highest BCUT2D eigenvalue weighted by Crippen LogP contribution is 2.49. The van der Waals surface area contributed by atoms with Gasteiger partial charge in [-0.25, -0.2) is 10.9 Å². The molecule has 0 aromatic heterocycles. The maximum Gasteiger partial charge on any atom is 0.308 e. The smallest absolute Gasteiger partial charge is 0.308 e. The van der Waals surface area contributed by atoms with E-state index in [1.54, 1.807) is 25.2 Å². The van der Waals surface area contributed by atoms with E-state index in [4.69, 9.17) is 36.3 Å². The first-order chi connectivity index (χ1) is 32.1. The maximum absolute atomic E-state index is 13.4. The third-order valence-corrected chi connectivity index (χ3v) is 17.0. The number of amides is 1. The summed E-state index contributed by atoms with van der Waals surface area (Å²) in [6.45, 7) is 16.7. The van der Waals surface area contributed by atoms with E-state index in [2.05, 4.69) is 87.0 Å². The second kappa shape index (κ2) is 21.2. The lowest BCUT2D eigenvalue weighted by atomic mass is 9.79. The maximum atomic E-state index is 13.4. The zero-order valence-electron chi connectivity index (χ0n) is 40.6. The van der Waals surface area contributed by atoms with Crippen molar-refractivity contribution in [1.29, 1.82) is 5.26 Å². The van der Waals surface area contributed by atoms with Crippen molar-refractivity contribution in [2.75, 3.05) is 45.2 Å². The molecule has 1 saturated carbocycles. The number of likely N-dealkylation sites (tertiary alicyclic amines) is 1. The zero-order valence-corrected chi connectivity index (χ0v) is 42.2. The van der Waals surface area contributed by atoms with Gasteiger partial charge in [0.2, 0.25) is 0 Å². The van der Waals surface area contributed by atoms with Crippen molar-refractivity contribution in [3.8, 4) is 11.8 Å². The SMILES string of the molecule is CN=C(CCC(=NC)N1CCC(C2CN(c3ccc(C4=N[C@@H](CC(=O)OC(C)(C)C)C5NNC(C)N5C5SC(C)C(C)C45)cc3)C2)CC1)C(=O)NC1CCC(Oc2ccc(C#N)c(Cl)c2)CC1. The van der Waals surface area contributed by atoms with E-state index >= 15 is 0 Å². The Morgan fingerprint density at radius 1 is 0.955 bits per heavy atom. The molecule has 0 spiro atoms. The molecule has 5 fully saturated rings. The number of nitrogens with one attached hydrogen (secondary N) is 3. The number of hydrogen-bond donors (Lipinski definition) is 3. The number of anilines is 1. The molecular formula is C51H71ClN10O4S. The predicted octanol–water partition coefficient (Wildman–Crippen LogP) is 7.44. The van der Waals surface area contributed by atoms with Gasteiger partial charge in [-0.15, -0.1) is 11.8 Å². The zero-order chi connectivity index (χ0) is 47.6. The van der Waals surface area contributed by atoms with Gasteiger partial charge in [0.05, 0.1) is 58.4 Å². The van der Waals surface area contributed by atoms with Crippen LogP contribution in [0.1, 0.15) is 110 Å². The van der Waals surface area contributed by atoms with Gasteiger partial charge in [0.1, 0.15) is 17.4 Å². The van der Waals surface area contributed by atoms with E-state index in [1.807, 2.05) is 39.6 Å². The molecule has 362 valence electrons. The molecule has 5 heterocycles. The minimum atomic E-state index is -0.556. The summed E-state index contributed by atoms with van der Waals surface area (Å²) < 4.78 is 12.0. The van der Waals surface area contributed by atoms with Crippen molar-refractivity contribution < 1.29 is 19.1 Å². The Labute approximate surface area is 407 Å². The van der Waals surface area contributed by atoms with Crippen molar-refractivity contribution in [2.24, 2.45) is 38.6 Å². The molecule has 7 atom stereocenters. The lowest BCUT2D eigenvalue weighted by Crippen LogP contribution is -2.52. The fourth-order valence-electron chi connectivity index (χ4n) is 11.1. The molecule has 67 heavy (non-hydrogen) atoms. The first-order valence-electron chi connectivity index (χ1n) is 24.5. The number of piperidine rings is 1. The molecular weight excluding hydrogens is 884 g/mol. The largest absolute Gasteiger partial charge is 0.490 e. The van der Waals surface area contributed by atoms with Gasteiger partial charge in [-0.3, -0.25) is 29.5 Å². The number of nitrogens with zero attached hydrogens (tertiary/aromatic N) is 7. The monoisotopic (exact) mass is 955 g/mol. The number of ether oxygens (including phenoxy) is 2. The van der Waals surface area contributed by atoms with Crippen LogP contribution in [0.3, 0.4) is 0 Å². The van der Waals surface area contributed by atoms with E-state index in [9.17, 15) is 9.59 Å². The van der Waals surface area contributed by atoms with Crippen LogP contribution in [0.25, 0.3) is 0 Å². The highest BCUT2D eigenvalue weighted by molar-refractivity contribution is 8.00. The van der Waals surface area contributed by atoms with E-state index < -0.39 is 5.60 Å². The number of amidine groups is 1. The van der Waals surface area contributed by atoms with Crippen LogP contribution in [0, 0.1) is 35.0 Å². The Hall–Kier alpha value is -4.20. The molecule has 14 nitrogen and oxygen atoms in total. The predicted molar refractivity (Wildman–Crippen MR) is 269 cm³/mol. The number of esters is 1. The number of fused-ring (bicyclic) bond motifs is 3. The quantitative estimate of drug-likeness (QED) is 0.110. The molecule has 3 N–H and O–H groups in total. The van der Waals surface area contributed by atoms with Crippen molar-refractivity contribution in [3.05, 3.63) is 58.6 Å². The van der Waals surface area contributed by atoms with Gasteiger partial charge in [-0.05, 0) is 114 Å². The summed E-state index contributed by atoms with van der Waals surface area (Å²) in [6, 6.07) is 16.1. The van der Waals surface area contributed by atoms with E-state index in [0.29, 0.717) is 57.9 Å². The fourth-order valence-corrected chi connectivity index (χ4v) is 13.2. The van der Waals surface area contributed by atoms with Crippen LogP contribution < -0.4 is 25.8 Å². The lowest BCUT2D eigenvalue weighted by molar-refractivity contribution is -0.155. The Morgan fingerprint density at radius 2 is 1.67 bits per heavy atom. The summed E-state index contributed by atoms with van der Waals surface area (Å²) in [5.74, 6) is 3.38. The standard InChI is InChI=1S/C51H71ClN10O4S/c1-30-31(2)67-50-46(30)47(57-43(26-45(63)66-51(4,5)6)48-59-58-32(3)62(48)50)34-9-14-38(15-10-34)61-28-36(29-61)33-21-23-60(24-22-33)44(55-8)20-19-42(54-7)49(64)56-37-12-17-39(18-13-37)65-40-16-11-35(27-53)41(52)25-40/h9-11,14-16,25,30-33,36-37,39,43,46,48,50,58-59H,12-13,17-24,26,28-29H2,1-8H3,(H,56,64)/t30?,31?,32?,37?,39?,43-,46?,48?,50?/m0/s1. The molecule has 16 heteroatoms. The summed E-state index contributed by atoms with van der Waals surface area (Å²) in [6.07, 6.45) is 7.05. The van der Waals surface area contributed by atoms with Gasteiger partial charge in [0.25, 0.3) is 5.91 Å². The van der Waals surface area contributed by atoms with Crippen LogP contribution in [-0.4, -0.2) is 126 Å². The number of benzene rings is 2. The number of hydrogen-bond acceptors (Lipinski definition) is 13. The number of thioether (sulfide) groups is 1. The second-order valence-corrected chi connectivity index (χ2v) is 22.4. The Bertz CT molecular complexity index is 2220. The molecule has 6 unspecified atom stereocenters. The molecule has 2 aromatic rings. The molecule has 6 aliphatic rings. The highest BCUT2D eigenvalue weighted by Gasteiger charge is 2.53. The molecule has 1 amide bonds. The van der Waals surface area contributed by atoms with Crippen molar-refractivity contribution in [1.82, 2.24) is 26.0 Å². The van der Waals surface area contributed by atoms with Gasteiger partial charge in [-0.1, -0.05) is 37.6 Å². The van der Waals surface area contributed by atoms with Gasteiger partial charge >= 0.3 is 5.97 Å². The number of carbonyl (C=O) groups excluding carboxylic acids is 2. The number of hydrazine groups is 1. The summed E-state index contributed by atoms with van der Waals surface area (Å²) in [5, 5.41) is 13.5. The average molecular weight is 956 g/mol. The van der Waals surface area contributed by atoms with Crippen molar-refractivity contribution in [2.45, 2.75) is 146 Å². The van der Waals surface area contributed by atoms with Gasteiger partial charge in [-0.2, -0.15) is 5.26 Å². The van der Waals surface area contributed by atoms with Gasteiger partial charge < -0.3 is 24.6 Å². The van der Waals surface area contributed by atoms with Crippen LogP contribution in [-0.2, 0) is 14.3 Å². The third kappa shape index (κ3) is 11.3. The first-order valence-corrected chi connectivity index (χ1v) is 25.9. The van der Waals surface area contributed by atoms with Gasteiger partial charge in [0, 0.05) is 87.8 Å². The molecule has 0 radical (unpaired) electrons. The number of carbonyl (C=O) groups is 2. The van der Waals surface area contributed by atoms with Crippen LogP contribution in [0.15, 0.2) is 57.4 Å². The summed E-state index contributed by atoms with van der Waals surface area (Å²) in [7, 11) is 3.56. The summed E-state index contributed by atoms with van der Waals surface area (Å²) in [5.41, 5.74) is 10.9. The normalized spacial score (nSPS) is 29.9. The topological polar surface area (TPSA) is 159 Å². The number of rotatable bonds is 12. The molecule has 8 rings (SSSR count). The Kier molecular flexibility index (Phi) is 15.6. The Balaban J connectivity index is 0.803. The minimum absolute atomic E-state index is 0.0407. The van der Waals surface area contributed by atoms with Crippen molar-refractivity contribution >= 4 is 58.2 Å². The van der Waals surface area contributed by atoms with Crippen LogP contribution in [0.4, 0.5) is 5.69 Å². The number of aliphatic imine (C=N–C) groups is 3. The van der Waals surface area contributed by atoms with Crippen LogP contribution in [0.5, 0.6) is 5.75 Å². The van der Waals surface area contributed by atoms with Crippen LogP contribution >= 0.6 is 23.4 Å². The Morgan fingerprint density at radius 3 is 2.31 bits per heavy atom. The summed E-state index contributed by atoms with van der Waals surface area (Å²) >= 11 is 8.23.